The van der Waals surface area contributed by atoms with Crippen molar-refractivity contribution in [3.63, 3.8) is 0 Å². The molecule has 7 nitrogen and oxygen atoms in total. The molecule has 2 aromatic heterocycles. The highest BCUT2D eigenvalue weighted by atomic mass is 127. The molecule has 0 amide bonds. The summed E-state index contributed by atoms with van der Waals surface area (Å²) in [5, 5.41) is 1.00. The lowest BCUT2D eigenvalue weighted by Crippen LogP contribution is -2.24. The van der Waals surface area contributed by atoms with Crippen LogP contribution in [-0.2, 0) is 9.47 Å². The van der Waals surface area contributed by atoms with E-state index in [4.69, 9.17) is 21.1 Å². The summed E-state index contributed by atoms with van der Waals surface area (Å²) in [5.74, 6) is -0.937. The summed E-state index contributed by atoms with van der Waals surface area (Å²) in [4.78, 5) is 33.3. The normalized spacial score (nSPS) is 11.0. The van der Waals surface area contributed by atoms with Gasteiger partial charge >= 0.3 is 11.9 Å². The summed E-state index contributed by atoms with van der Waals surface area (Å²) in [6, 6.07) is 16.9. The molecule has 0 aliphatic rings. The van der Waals surface area contributed by atoms with Gasteiger partial charge in [0.05, 0.1) is 16.5 Å². The van der Waals surface area contributed by atoms with Crippen molar-refractivity contribution in [2.75, 3.05) is 13.2 Å². The molecule has 0 bridgehead atoms. The van der Waals surface area contributed by atoms with E-state index < -0.39 is 18.0 Å². The number of ether oxygens (including phenoxy) is 2. The van der Waals surface area contributed by atoms with Crippen LogP contribution in [0.3, 0.4) is 0 Å². The van der Waals surface area contributed by atoms with Gasteiger partial charge < -0.3 is 14.0 Å². The van der Waals surface area contributed by atoms with Gasteiger partial charge in [-0.25, -0.2) is 19.6 Å². The summed E-state index contributed by atoms with van der Waals surface area (Å²) in [5.41, 5.74) is 1.43. The third kappa shape index (κ3) is 4.91. The minimum Gasteiger partial charge on any atom is -0.460 e. The highest BCUT2D eigenvalue weighted by Crippen LogP contribution is 2.29. The quantitative estimate of drug-likeness (QED) is 0.181. The number of fused-ring (bicyclic) bond motifs is 1. The van der Waals surface area contributed by atoms with Gasteiger partial charge in [0, 0.05) is 9.77 Å². The van der Waals surface area contributed by atoms with Crippen molar-refractivity contribution in [3.8, 4) is 0 Å². The SMILES string of the molecule is O=C(OCC(COC(=O)c1ccccc1)n1cc(I)c2c(Cl)ncnc21)c1ccccc1. The number of nitrogens with zero attached hydrogens (tertiary/aromatic N) is 3. The Morgan fingerprint density at radius 1 is 0.906 bits per heavy atom. The molecule has 0 atom stereocenters. The van der Waals surface area contributed by atoms with Crippen LogP contribution < -0.4 is 0 Å². The highest BCUT2D eigenvalue weighted by Gasteiger charge is 2.22. The Kier molecular flexibility index (Phi) is 7.01. The first-order valence-electron chi connectivity index (χ1n) is 9.65. The summed E-state index contributed by atoms with van der Waals surface area (Å²) >= 11 is 8.39. The van der Waals surface area contributed by atoms with Crippen molar-refractivity contribution in [2.45, 2.75) is 6.04 Å². The zero-order valence-corrected chi connectivity index (χ0v) is 19.6. The largest absolute Gasteiger partial charge is 0.460 e. The Morgan fingerprint density at radius 2 is 1.44 bits per heavy atom. The number of carbonyl (C=O) groups excluding carboxylic acids is 2. The molecule has 2 heterocycles. The van der Waals surface area contributed by atoms with Crippen LogP contribution >= 0.6 is 34.2 Å². The minimum absolute atomic E-state index is 0.0305. The van der Waals surface area contributed by atoms with Crippen LogP contribution in [0.25, 0.3) is 11.0 Å². The third-order valence-corrected chi connectivity index (χ3v) is 5.85. The van der Waals surface area contributed by atoms with E-state index in [1.54, 1.807) is 53.1 Å². The molecule has 0 spiro atoms. The smallest absolute Gasteiger partial charge is 0.338 e. The predicted octanol–water partition coefficient (Wildman–Crippen LogP) is 4.94. The number of hydrogen-bond donors (Lipinski definition) is 0. The molecule has 0 N–H and O–H groups in total. The number of hydrogen-bond acceptors (Lipinski definition) is 6. The Balaban J connectivity index is 1.59. The lowest BCUT2D eigenvalue weighted by atomic mass is 10.2. The van der Waals surface area contributed by atoms with Crippen LogP contribution in [0.15, 0.2) is 73.2 Å². The number of benzene rings is 2. The zero-order chi connectivity index (χ0) is 22.5. The van der Waals surface area contributed by atoms with Gasteiger partial charge in [0.1, 0.15) is 36.4 Å². The van der Waals surface area contributed by atoms with E-state index in [0.29, 0.717) is 27.3 Å². The van der Waals surface area contributed by atoms with Crippen LogP contribution in [0.2, 0.25) is 5.15 Å². The Labute approximate surface area is 202 Å². The second-order valence-electron chi connectivity index (χ2n) is 6.83. The molecular formula is C23H17ClIN3O4. The fourth-order valence-electron chi connectivity index (χ4n) is 3.15. The second-order valence-corrected chi connectivity index (χ2v) is 8.35. The van der Waals surface area contributed by atoms with Gasteiger partial charge in [-0.05, 0) is 46.9 Å². The van der Waals surface area contributed by atoms with Crippen LogP contribution in [0, 0.1) is 3.57 Å². The topological polar surface area (TPSA) is 83.3 Å². The van der Waals surface area contributed by atoms with E-state index in [1.807, 2.05) is 18.3 Å². The monoisotopic (exact) mass is 561 g/mol. The maximum atomic E-state index is 12.5. The molecule has 0 saturated carbocycles. The van der Waals surface area contributed by atoms with E-state index >= 15 is 0 Å². The van der Waals surface area contributed by atoms with Gasteiger partial charge in [0.2, 0.25) is 0 Å². The van der Waals surface area contributed by atoms with Gasteiger partial charge in [0.15, 0.2) is 0 Å². The summed E-state index contributed by atoms with van der Waals surface area (Å²) < 4.78 is 13.7. The molecule has 4 aromatic rings. The first-order valence-corrected chi connectivity index (χ1v) is 11.1. The molecule has 32 heavy (non-hydrogen) atoms. The van der Waals surface area contributed by atoms with Crippen LogP contribution in [0.1, 0.15) is 26.8 Å². The molecule has 162 valence electrons. The number of carbonyl (C=O) groups is 2. The molecule has 0 aliphatic heterocycles. The van der Waals surface area contributed by atoms with E-state index in [0.717, 1.165) is 3.57 Å². The van der Waals surface area contributed by atoms with Crippen LogP contribution in [0.5, 0.6) is 0 Å². The molecule has 0 saturated heterocycles. The lowest BCUT2D eigenvalue weighted by Gasteiger charge is -2.20. The third-order valence-electron chi connectivity index (χ3n) is 4.74. The van der Waals surface area contributed by atoms with Crippen molar-refractivity contribution >= 4 is 57.2 Å². The lowest BCUT2D eigenvalue weighted by molar-refractivity contribution is 0.0281. The number of rotatable bonds is 7. The van der Waals surface area contributed by atoms with Crippen molar-refractivity contribution in [1.29, 1.82) is 0 Å². The van der Waals surface area contributed by atoms with Crippen molar-refractivity contribution < 1.29 is 19.1 Å². The minimum atomic E-state index is -0.521. The molecule has 0 unspecified atom stereocenters. The van der Waals surface area contributed by atoms with Crippen LogP contribution in [0.4, 0.5) is 0 Å². The van der Waals surface area contributed by atoms with E-state index in [2.05, 4.69) is 32.6 Å². The summed E-state index contributed by atoms with van der Waals surface area (Å²) in [6.45, 7) is -0.0610. The average Bonchev–Trinajstić information content (AvgIpc) is 3.17. The van der Waals surface area contributed by atoms with Crippen LogP contribution in [-0.4, -0.2) is 39.7 Å². The first-order chi connectivity index (χ1) is 15.5. The maximum Gasteiger partial charge on any atom is 0.338 e. The molecule has 0 aliphatic carbocycles. The Morgan fingerprint density at radius 3 is 1.97 bits per heavy atom. The zero-order valence-electron chi connectivity index (χ0n) is 16.7. The number of halogens is 2. The molecule has 4 rings (SSSR count). The van der Waals surface area contributed by atoms with Gasteiger partial charge in [-0.3, -0.25) is 0 Å². The van der Waals surface area contributed by atoms with Gasteiger partial charge in [-0.15, -0.1) is 0 Å². The fourth-order valence-corrected chi connectivity index (χ4v) is 4.34. The van der Waals surface area contributed by atoms with Crippen molar-refractivity contribution in [3.05, 3.63) is 93.0 Å². The Bertz CT molecular complexity index is 1190. The van der Waals surface area contributed by atoms with E-state index in [-0.39, 0.29) is 13.2 Å². The maximum absolute atomic E-state index is 12.5. The number of aromatic nitrogens is 3. The molecule has 2 aromatic carbocycles. The molecular weight excluding hydrogens is 545 g/mol. The van der Waals surface area contributed by atoms with Gasteiger partial charge in [-0.1, -0.05) is 48.0 Å². The predicted molar refractivity (Wildman–Crippen MR) is 128 cm³/mol. The fraction of sp³-hybridized carbons (Fsp3) is 0.130. The summed E-state index contributed by atoms with van der Waals surface area (Å²) in [7, 11) is 0. The first kappa shape index (κ1) is 22.2. The molecule has 0 radical (unpaired) electrons. The standard InChI is InChI=1S/C23H17ClIN3O4/c24-20-19-18(25)11-28(21(19)27-14-26-20)17(12-31-22(29)15-7-3-1-4-8-15)13-32-23(30)16-9-5-2-6-10-16/h1-11,14,17H,12-13H2. The summed E-state index contributed by atoms with van der Waals surface area (Å²) in [6.07, 6.45) is 3.18. The van der Waals surface area contributed by atoms with E-state index in [1.165, 1.54) is 6.33 Å². The van der Waals surface area contributed by atoms with Gasteiger partial charge in [0.25, 0.3) is 0 Å². The molecule has 0 fully saturated rings. The Hall–Kier alpha value is -2.98. The number of esters is 2. The van der Waals surface area contributed by atoms with Crippen molar-refractivity contribution in [2.24, 2.45) is 0 Å². The van der Waals surface area contributed by atoms with Gasteiger partial charge in [-0.2, -0.15) is 0 Å². The second kappa shape index (κ2) is 10.1. The average molecular weight is 562 g/mol. The van der Waals surface area contributed by atoms with Crippen molar-refractivity contribution in [1.82, 2.24) is 14.5 Å². The highest BCUT2D eigenvalue weighted by molar-refractivity contribution is 14.1. The molecule has 9 heteroatoms. The van der Waals surface area contributed by atoms with E-state index in [9.17, 15) is 9.59 Å².